The number of methoxy groups -OCH3 is 1. The van der Waals surface area contributed by atoms with Crippen LogP contribution in [0.3, 0.4) is 0 Å². The fourth-order valence-electron chi connectivity index (χ4n) is 0.487. The Labute approximate surface area is 71.7 Å². The van der Waals surface area contributed by atoms with E-state index in [1.165, 1.54) is 7.11 Å². The molecule has 0 aliphatic carbocycles. The van der Waals surface area contributed by atoms with Crippen molar-refractivity contribution in [1.29, 1.82) is 0 Å². The summed E-state index contributed by atoms with van der Waals surface area (Å²) in [7, 11) is 1.29. The predicted octanol–water partition coefficient (Wildman–Crippen LogP) is 1.10. The van der Waals surface area contributed by atoms with Gasteiger partial charge in [-0.25, -0.2) is 4.79 Å². The number of amidine groups is 1. The van der Waals surface area contributed by atoms with Gasteiger partial charge >= 0.3 is 6.09 Å². The number of ether oxygens (including phenoxy) is 1. The third-order valence-electron chi connectivity index (χ3n) is 1.07. The number of alkyl carbamates (subject to hydrolysis) is 1. The van der Waals surface area contributed by atoms with Gasteiger partial charge in [0.05, 0.1) is 7.11 Å². The maximum absolute atomic E-state index is 10.7. The molecule has 0 aliphatic rings. The Morgan fingerprint density at radius 3 is 2.58 bits per heavy atom. The highest BCUT2D eigenvalue weighted by atomic mass is 16.6. The molecule has 0 saturated heterocycles. The highest BCUT2D eigenvalue weighted by Gasteiger charge is 2.02. The molecule has 5 nitrogen and oxygen atoms in total. The molecule has 0 aromatic rings. The summed E-state index contributed by atoms with van der Waals surface area (Å²) < 4.78 is 4.38. The van der Waals surface area contributed by atoms with Crippen LogP contribution in [-0.4, -0.2) is 25.6 Å². The molecule has 0 heterocycles. The average Bonchev–Trinajstić information content (AvgIpc) is 2.11. The highest BCUT2D eigenvalue weighted by Crippen LogP contribution is 1.85. The van der Waals surface area contributed by atoms with Crippen molar-refractivity contribution in [2.24, 2.45) is 5.16 Å². The Bertz CT molecular complexity index is 168. The minimum atomic E-state index is -0.532. The first kappa shape index (κ1) is 10.7. The fraction of sp³-hybridized carbons (Fsp3) is 0.714. The Kier molecular flexibility index (Phi) is 5.77. The molecule has 1 N–H and O–H groups in total. The van der Waals surface area contributed by atoms with Crippen molar-refractivity contribution in [3.05, 3.63) is 0 Å². The van der Waals surface area contributed by atoms with Crippen molar-refractivity contribution in [3.8, 4) is 0 Å². The van der Waals surface area contributed by atoms with E-state index >= 15 is 0 Å². The third-order valence-corrected chi connectivity index (χ3v) is 1.07. The number of oxime groups is 1. The summed E-state index contributed by atoms with van der Waals surface area (Å²) in [5, 5.41) is 6.07. The number of rotatable bonds is 3. The van der Waals surface area contributed by atoms with Gasteiger partial charge in [-0.3, -0.25) is 5.32 Å². The second-order valence-electron chi connectivity index (χ2n) is 1.93. The topological polar surface area (TPSA) is 59.9 Å². The summed E-state index contributed by atoms with van der Waals surface area (Å²) in [5.74, 6) is 0.462. The molecule has 70 valence electrons. The summed E-state index contributed by atoms with van der Waals surface area (Å²) in [6, 6.07) is 0. The van der Waals surface area contributed by atoms with Crippen molar-refractivity contribution in [3.63, 3.8) is 0 Å². The Balaban J connectivity index is 3.89. The Morgan fingerprint density at radius 2 is 2.17 bits per heavy atom. The lowest BCUT2D eigenvalue weighted by Crippen LogP contribution is -2.29. The minimum absolute atomic E-state index is 0.462. The SMILES string of the molecule is CCON=C(CC)NC(=O)OC. The van der Waals surface area contributed by atoms with Crippen LogP contribution in [0.15, 0.2) is 5.16 Å². The van der Waals surface area contributed by atoms with Gasteiger partial charge in [0.1, 0.15) is 6.61 Å². The summed E-state index contributed by atoms with van der Waals surface area (Å²) in [6.45, 7) is 4.15. The zero-order chi connectivity index (χ0) is 9.40. The van der Waals surface area contributed by atoms with Gasteiger partial charge in [0.25, 0.3) is 0 Å². The lowest BCUT2D eigenvalue weighted by molar-refractivity contribution is 0.154. The first-order chi connectivity index (χ1) is 5.74. The molecule has 0 rings (SSSR count). The van der Waals surface area contributed by atoms with E-state index in [-0.39, 0.29) is 0 Å². The van der Waals surface area contributed by atoms with Crippen LogP contribution in [0.2, 0.25) is 0 Å². The van der Waals surface area contributed by atoms with Crippen LogP contribution in [-0.2, 0) is 9.57 Å². The van der Waals surface area contributed by atoms with Gasteiger partial charge in [0.2, 0.25) is 0 Å². The molecular formula is C7H14N2O3. The number of hydrogen-bond acceptors (Lipinski definition) is 4. The van der Waals surface area contributed by atoms with Crippen LogP contribution in [0.4, 0.5) is 4.79 Å². The van der Waals surface area contributed by atoms with Crippen molar-refractivity contribution in [2.75, 3.05) is 13.7 Å². The van der Waals surface area contributed by atoms with E-state index in [4.69, 9.17) is 4.84 Å². The molecule has 12 heavy (non-hydrogen) atoms. The number of amides is 1. The summed E-state index contributed by atoms with van der Waals surface area (Å²) in [6.07, 6.45) is 0.0602. The van der Waals surface area contributed by atoms with Crippen LogP contribution in [0.5, 0.6) is 0 Å². The summed E-state index contributed by atoms with van der Waals surface area (Å²) in [5.41, 5.74) is 0. The second kappa shape index (κ2) is 6.45. The van der Waals surface area contributed by atoms with Crippen LogP contribution < -0.4 is 5.32 Å². The van der Waals surface area contributed by atoms with Crippen LogP contribution in [0.1, 0.15) is 20.3 Å². The van der Waals surface area contributed by atoms with E-state index in [9.17, 15) is 4.79 Å². The van der Waals surface area contributed by atoms with E-state index in [1.807, 2.05) is 13.8 Å². The van der Waals surface area contributed by atoms with E-state index < -0.39 is 6.09 Å². The number of carbonyl (C=O) groups is 1. The predicted molar refractivity (Wildman–Crippen MR) is 44.9 cm³/mol. The van der Waals surface area contributed by atoms with E-state index in [1.54, 1.807) is 0 Å². The standard InChI is InChI=1S/C7H14N2O3/c1-4-6(9-12-5-2)8-7(10)11-3/h4-5H2,1-3H3,(H,8,9,10). The van der Waals surface area contributed by atoms with Gasteiger partial charge in [-0.1, -0.05) is 12.1 Å². The average molecular weight is 174 g/mol. The van der Waals surface area contributed by atoms with E-state index in [2.05, 4.69) is 15.2 Å². The maximum atomic E-state index is 10.7. The van der Waals surface area contributed by atoms with Crippen molar-refractivity contribution < 1.29 is 14.4 Å². The highest BCUT2D eigenvalue weighted by molar-refractivity contribution is 5.94. The Hall–Kier alpha value is -1.26. The van der Waals surface area contributed by atoms with Crippen molar-refractivity contribution >= 4 is 11.9 Å². The molecule has 0 saturated carbocycles. The molecule has 0 bridgehead atoms. The first-order valence-corrected chi connectivity index (χ1v) is 3.78. The molecule has 1 amide bonds. The molecule has 0 radical (unpaired) electrons. The number of carbonyl (C=O) groups excluding carboxylic acids is 1. The van der Waals surface area contributed by atoms with Crippen LogP contribution in [0.25, 0.3) is 0 Å². The first-order valence-electron chi connectivity index (χ1n) is 3.78. The van der Waals surface area contributed by atoms with Gasteiger partial charge in [0, 0.05) is 6.42 Å². The zero-order valence-electron chi connectivity index (χ0n) is 7.59. The smallest absolute Gasteiger partial charge is 0.412 e. The Morgan fingerprint density at radius 1 is 1.50 bits per heavy atom. The second-order valence-corrected chi connectivity index (χ2v) is 1.93. The lowest BCUT2D eigenvalue weighted by Gasteiger charge is -2.03. The number of nitrogens with zero attached hydrogens (tertiary/aromatic N) is 1. The van der Waals surface area contributed by atoms with Crippen molar-refractivity contribution in [1.82, 2.24) is 5.32 Å². The number of hydrogen-bond donors (Lipinski definition) is 1. The minimum Gasteiger partial charge on any atom is -0.453 e. The molecule has 0 aromatic carbocycles. The molecule has 0 aliphatic heterocycles. The third kappa shape index (κ3) is 4.54. The van der Waals surface area contributed by atoms with Gasteiger partial charge in [0.15, 0.2) is 5.84 Å². The number of nitrogens with one attached hydrogen (secondary N) is 1. The molecular weight excluding hydrogens is 160 g/mol. The quantitative estimate of drug-likeness (QED) is 0.396. The summed E-state index contributed by atoms with van der Waals surface area (Å²) in [4.78, 5) is 15.4. The summed E-state index contributed by atoms with van der Waals surface area (Å²) >= 11 is 0. The molecule has 0 spiro atoms. The van der Waals surface area contributed by atoms with Crippen LogP contribution >= 0.6 is 0 Å². The van der Waals surface area contributed by atoms with Gasteiger partial charge in [-0.15, -0.1) is 0 Å². The van der Waals surface area contributed by atoms with Gasteiger partial charge in [-0.05, 0) is 6.92 Å². The monoisotopic (exact) mass is 174 g/mol. The van der Waals surface area contributed by atoms with Crippen molar-refractivity contribution in [2.45, 2.75) is 20.3 Å². The maximum Gasteiger partial charge on any atom is 0.412 e. The fourth-order valence-corrected chi connectivity index (χ4v) is 0.487. The lowest BCUT2D eigenvalue weighted by atomic mass is 10.4. The zero-order valence-corrected chi connectivity index (χ0v) is 7.59. The molecule has 5 heteroatoms. The van der Waals surface area contributed by atoms with Gasteiger partial charge < -0.3 is 9.57 Å². The molecule has 0 aromatic heterocycles. The van der Waals surface area contributed by atoms with E-state index in [0.717, 1.165) is 0 Å². The van der Waals surface area contributed by atoms with Crippen LogP contribution in [0, 0.1) is 0 Å². The molecule has 0 atom stereocenters. The van der Waals surface area contributed by atoms with E-state index in [0.29, 0.717) is 18.9 Å². The normalized spacial score (nSPS) is 10.8. The molecule has 0 fully saturated rings. The molecule has 0 unspecified atom stereocenters. The van der Waals surface area contributed by atoms with Gasteiger partial charge in [-0.2, -0.15) is 0 Å². The largest absolute Gasteiger partial charge is 0.453 e.